The van der Waals surface area contributed by atoms with E-state index in [9.17, 15) is 4.39 Å². The van der Waals surface area contributed by atoms with E-state index in [1.807, 2.05) is 0 Å². The molecule has 0 saturated carbocycles. The summed E-state index contributed by atoms with van der Waals surface area (Å²) in [7, 11) is 0. The van der Waals surface area contributed by atoms with Crippen LogP contribution >= 0.6 is 11.6 Å². The summed E-state index contributed by atoms with van der Waals surface area (Å²) in [6.07, 6.45) is 2.19. The minimum absolute atomic E-state index is 0.0562. The van der Waals surface area contributed by atoms with Gasteiger partial charge in [0.2, 0.25) is 0 Å². The summed E-state index contributed by atoms with van der Waals surface area (Å²) in [6.45, 7) is 5.78. The Morgan fingerprint density at radius 2 is 2.26 bits per heavy atom. The first-order valence-electron chi connectivity index (χ1n) is 6.97. The second-order valence-electron chi connectivity index (χ2n) is 4.97. The smallest absolute Gasteiger partial charge is 0.123 e. The van der Waals surface area contributed by atoms with Gasteiger partial charge in [0.05, 0.1) is 6.10 Å². The lowest BCUT2D eigenvalue weighted by Crippen LogP contribution is -2.33. The summed E-state index contributed by atoms with van der Waals surface area (Å²) in [6, 6.07) is 4.63. The van der Waals surface area contributed by atoms with Crippen molar-refractivity contribution < 1.29 is 9.13 Å². The molecule has 3 unspecified atom stereocenters. The monoisotopic (exact) mass is 285 g/mol. The van der Waals surface area contributed by atoms with Crippen molar-refractivity contribution in [3.8, 4) is 0 Å². The largest absolute Gasteiger partial charge is 0.378 e. The number of rotatable bonds is 5. The van der Waals surface area contributed by atoms with Crippen molar-refractivity contribution in [1.82, 2.24) is 5.32 Å². The molecule has 0 amide bonds. The number of hydrogen-bond acceptors (Lipinski definition) is 2. The standard InChI is InChI=1S/C15H21ClFNO/c1-3-14-11(7-8-19-14)15(18-4-2)12-9-10(17)5-6-13(12)16/h5-6,9,11,14-15,18H,3-4,7-8H2,1-2H3. The van der Waals surface area contributed by atoms with Gasteiger partial charge in [0.25, 0.3) is 0 Å². The zero-order valence-corrected chi connectivity index (χ0v) is 12.2. The first kappa shape index (κ1) is 14.8. The highest BCUT2D eigenvalue weighted by molar-refractivity contribution is 6.31. The summed E-state index contributed by atoms with van der Waals surface area (Å²) in [5.41, 5.74) is 0.845. The number of halogens is 2. The topological polar surface area (TPSA) is 21.3 Å². The van der Waals surface area contributed by atoms with Crippen LogP contribution in [0, 0.1) is 11.7 Å². The highest BCUT2D eigenvalue weighted by Crippen LogP contribution is 2.37. The van der Waals surface area contributed by atoms with Gasteiger partial charge in [0.15, 0.2) is 0 Å². The van der Waals surface area contributed by atoms with Crippen LogP contribution in [-0.4, -0.2) is 19.3 Å². The van der Waals surface area contributed by atoms with E-state index >= 15 is 0 Å². The maximum atomic E-state index is 13.5. The third-order valence-corrected chi connectivity index (χ3v) is 4.15. The Morgan fingerprint density at radius 3 is 2.95 bits per heavy atom. The van der Waals surface area contributed by atoms with Crippen LogP contribution in [0.5, 0.6) is 0 Å². The molecule has 2 rings (SSSR count). The van der Waals surface area contributed by atoms with E-state index in [0.717, 1.165) is 31.6 Å². The van der Waals surface area contributed by atoms with Crippen molar-refractivity contribution in [1.29, 1.82) is 0 Å². The molecule has 0 spiro atoms. The van der Waals surface area contributed by atoms with E-state index in [-0.39, 0.29) is 18.0 Å². The van der Waals surface area contributed by atoms with E-state index in [4.69, 9.17) is 16.3 Å². The van der Waals surface area contributed by atoms with Gasteiger partial charge in [-0.2, -0.15) is 0 Å². The summed E-state index contributed by atoms with van der Waals surface area (Å²) in [4.78, 5) is 0. The molecule has 0 radical (unpaired) electrons. The lowest BCUT2D eigenvalue weighted by Gasteiger charge is -2.29. The van der Waals surface area contributed by atoms with Crippen LogP contribution in [0.15, 0.2) is 18.2 Å². The second kappa shape index (κ2) is 6.69. The second-order valence-corrected chi connectivity index (χ2v) is 5.38. The molecule has 1 N–H and O–H groups in total. The van der Waals surface area contributed by atoms with E-state index in [1.54, 1.807) is 12.1 Å². The first-order valence-corrected chi connectivity index (χ1v) is 7.35. The molecule has 0 aromatic heterocycles. The van der Waals surface area contributed by atoms with Crippen LogP contribution in [-0.2, 0) is 4.74 Å². The van der Waals surface area contributed by atoms with E-state index in [2.05, 4.69) is 19.2 Å². The van der Waals surface area contributed by atoms with Crippen molar-refractivity contribution in [3.05, 3.63) is 34.6 Å². The van der Waals surface area contributed by atoms with Gasteiger partial charge < -0.3 is 10.1 Å². The number of ether oxygens (including phenoxy) is 1. The Hall–Kier alpha value is -0.640. The predicted molar refractivity (Wildman–Crippen MR) is 76.0 cm³/mol. The molecule has 3 atom stereocenters. The molecule has 1 aromatic carbocycles. The Labute approximate surface area is 119 Å². The van der Waals surface area contributed by atoms with Gasteiger partial charge >= 0.3 is 0 Å². The van der Waals surface area contributed by atoms with Crippen molar-refractivity contribution in [2.45, 2.75) is 38.8 Å². The molecule has 0 bridgehead atoms. The van der Waals surface area contributed by atoms with Gasteiger partial charge in [-0.15, -0.1) is 0 Å². The van der Waals surface area contributed by atoms with Gasteiger partial charge in [-0.25, -0.2) is 4.39 Å². The minimum atomic E-state index is -0.241. The van der Waals surface area contributed by atoms with Gasteiger partial charge in [0.1, 0.15) is 5.82 Å². The summed E-state index contributed by atoms with van der Waals surface area (Å²) >= 11 is 6.25. The summed E-state index contributed by atoms with van der Waals surface area (Å²) < 4.78 is 19.3. The third-order valence-electron chi connectivity index (χ3n) is 3.81. The SMILES string of the molecule is CCNC(c1cc(F)ccc1Cl)C1CCOC1CC. The van der Waals surface area contributed by atoms with Crippen LogP contribution in [0.25, 0.3) is 0 Å². The summed E-state index contributed by atoms with van der Waals surface area (Å²) in [5, 5.41) is 4.06. The zero-order valence-electron chi connectivity index (χ0n) is 11.5. The molecule has 2 nitrogen and oxygen atoms in total. The number of hydrogen-bond donors (Lipinski definition) is 1. The molecule has 0 aliphatic carbocycles. The highest BCUT2D eigenvalue weighted by Gasteiger charge is 2.35. The number of benzene rings is 1. The van der Waals surface area contributed by atoms with Gasteiger partial charge in [-0.3, -0.25) is 0 Å². The fourth-order valence-corrected chi connectivity index (χ4v) is 3.17. The molecular weight excluding hydrogens is 265 g/mol. The maximum absolute atomic E-state index is 13.5. The third kappa shape index (κ3) is 3.28. The van der Waals surface area contributed by atoms with Crippen LogP contribution < -0.4 is 5.32 Å². The Balaban J connectivity index is 2.31. The molecule has 1 heterocycles. The van der Waals surface area contributed by atoms with Crippen molar-refractivity contribution in [2.75, 3.05) is 13.2 Å². The molecule has 1 aliphatic rings. The Kier molecular flexibility index (Phi) is 5.20. The Bertz CT molecular complexity index is 427. The average molecular weight is 286 g/mol. The van der Waals surface area contributed by atoms with E-state index in [1.165, 1.54) is 6.07 Å². The maximum Gasteiger partial charge on any atom is 0.123 e. The zero-order chi connectivity index (χ0) is 13.8. The highest BCUT2D eigenvalue weighted by atomic mass is 35.5. The van der Waals surface area contributed by atoms with E-state index < -0.39 is 0 Å². The Morgan fingerprint density at radius 1 is 1.47 bits per heavy atom. The van der Waals surface area contributed by atoms with Crippen LogP contribution in [0.3, 0.4) is 0 Å². The van der Waals surface area contributed by atoms with Crippen molar-refractivity contribution >= 4 is 11.6 Å². The quantitative estimate of drug-likeness (QED) is 0.885. The molecule has 19 heavy (non-hydrogen) atoms. The molecule has 1 saturated heterocycles. The van der Waals surface area contributed by atoms with Crippen LogP contribution in [0.2, 0.25) is 5.02 Å². The summed E-state index contributed by atoms with van der Waals surface area (Å²) in [5.74, 6) is 0.110. The predicted octanol–water partition coefficient (Wildman–Crippen LogP) is 3.94. The van der Waals surface area contributed by atoms with Crippen LogP contribution in [0.4, 0.5) is 4.39 Å². The van der Waals surface area contributed by atoms with Gasteiger partial charge in [-0.05, 0) is 43.1 Å². The first-order chi connectivity index (χ1) is 9.17. The van der Waals surface area contributed by atoms with Crippen molar-refractivity contribution in [2.24, 2.45) is 5.92 Å². The lowest BCUT2D eigenvalue weighted by atomic mass is 9.86. The molecule has 106 valence electrons. The fraction of sp³-hybridized carbons (Fsp3) is 0.600. The van der Waals surface area contributed by atoms with Crippen LogP contribution in [0.1, 0.15) is 38.3 Å². The average Bonchev–Trinajstić information content (AvgIpc) is 2.87. The van der Waals surface area contributed by atoms with E-state index in [0.29, 0.717) is 10.9 Å². The normalized spacial score (nSPS) is 24.6. The molecule has 1 aromatic rings. The lowest BCUT2D eigenvalue weighted by molar-refractivity contribution is 0.0775. The van der Waals surface area contributed by atoms with Gasteiger partial charge in [0, 0.05) is 23.6 Å². The number of nitrogens with one attached hydrogen (secondary N) is 1. The fourth-order valence-electron chi connectivity index (χ4n) is 2.93. The molecular formula is C15H21ClFNO. The minimum Gasteiger partial charge on any atom is -0.378 e. The molecule has 4 heteroatoms. The molecule has 1 fully saturated rings. The van der Waals surface area contributed by atoms with Crippen molar-refractivity contribution in [3.63, 3.8) is 0 Å². The van der Waals surface area contributed by atoms with Gasteiger partial charge in [-0.1, -0.05) is 25.4 Å². The molecule has 1 aliphatic heterocycles.